The van der Waals surface area contributed by atoms with Gasteiger partial charge in [-0.3, -0.25) is 0 Å². The second-order valence-electron chi connectivity index (χ2n) is 5.50. The van der Waals surface area contributed by atoms with Crippen LogP contribution in [0.1, 0.15) is 49.4 Å². The number of halogens is 2. The fraction of sp³-hybridized carbons (Fsp3) is 0.333. The highest BCUT2D eigenvalue weighted by Gasteiger charge is 2.16. The van der Waals surface area contributed by atoms with Crippen LogP contribution in [0.4, 0.5) is 8.78 Å². The Labute approximate surface area is 123 Å². The Kier molecular flexibility index (Phi) is 4.06. The second kappa shape index (κ2) is 6.13. The number of hydrogen-bond donors (Lipinski definition) is 0. The standard InChI is InChI=1S/C18H17F2N/c19-15-11-14(12-16(20)13-15)8-9-18-7-4-10-21(18)17-5-2-1-3-6-17/h4,7,10-13,17H,1-3,5-6H2. The van der Waals surface area contributed by atoms with E-state index < -0.39 is 11.6 Å². The number of aromatic nitrogens is 1. The Hall–Kier alpha value is -2.08. The van der Waals surface area contributed by atoms with Crippen LogP contribution in [0.25, 0.3) is 0 Å². The van der Waals surface area contributed by atoms with Gasteiger partial charge in [-0.25, -0.2) is 8.78 Å². The van der Waals surface area contributed by atoms with E-state index in [9.17, 15) is 8.78 Å². The largest absolute Gasteiger partial charge is 0.338 e. The van der Waals surface area contributed by atoms with Crippen LogP contribution in [0.5, 0.6) is 0 Å². The van der Waals surface area contributed by atoms with E-state index in [-0.39, 0.29) is 0 Å². The van der Waals surface area contributed by atoms with Crippen molar-refractivity contribution < 1.29 is 8.78 Å². The molecule has 0 spiro atoms. The SMILES string of the molecule is Fc1cc(F)cc(C#Cc2cccn2C2CCCCC2)c1. The molecule has 108 valence electrons. The van der Waals surface area contributed by atoms with Gasteiger partial charge in [-0.05, 0) is 43.0 Å². The first-order valence-electron chi connectivity index (χ1n) is 7.37. The quantitative estimate of drug-likeness (QED) is 0.671. The van der Waals surface area contributed by atoms with Gasteiger partial charge in [0.2, 0.25) is 0 Å². The summed E-state index contributed by atoms with van der Waals surface area (Å²) in [6.45, 7) is 0. The maximum atomic E-state index is 13.2. The number of nitrogens with zero attached hydrogens (tertiary/aromatic N) is 1. The number of rotatable bonds is 1. The molecular formula is C18H17F2N. The normalized spacial score (nSPS) is 15.5. The van der Waals surface area contributed by atoms with Gasteiger partial charge in [0.05, 0.1) is 5.69 Å². The van der Waals surface area contributed by atoms with Crippen LogP contribution in [0.3, 0.4) is 0 Å². The van der Waals surface area contributed by atoms with Gasteiger partial charge in [0.15, 0.2) is 0 Å². The fourth-order valence-corrected chi connectivity index (χ4v) is 2.94. The third kappa shape index (κ3) is 3.33. The van der Waals surface area contributed by atoms with Crippen LogP contribution >= 0.6 is 0 Å². The minimum atomic E-state index is -0.595. The summed E-state index contributed by atoms with van der Waals surface area (Å²) in [7, 11) is 0. The van der Waals surface area contributed by atoms with E-state index in [2.05, 4.69) is 16.4 Å². The lowest BCUT2D eigenvalue weighted by Gasteiger charge is -2.24. The summed E-state index contributed by atoms with van der Waals surface area (Å²) < 4.78 is 28.5. The average Bonchev–Trinajstić information content (AvgIpc) is 2.93. The lowest BCUT2D eigenvalue weighted by Crippen LogP contribution is -2.13. The molecule has 1 nitrogen and oxygen atoms in total. The van der Waals surface area contributed by atoms with E-state index in [0.717, 1.165) is 11.8 Å². The molecule has 1 saturated carbocycles. The molecule has 0 N–H and O–H groups in total. The van der Waals surface area contributed by atoms with Crippen LogP contribution in [0, 0.1) is 23.5 Å². The molecule has 0 saturated heterocycles. The van der Waals surface area contributed by atoms with E-state index in [1.54, 1.807) is 0 Å². The number of benzene rings is 1. The molecule has 1 fully saturated rings. The van der Waals surface area contributed by atoms with Crippen LogP contribution in [0.2, 0.25) is 0 Å². The highest BCUT2D eigenvalue weighted by molar-refractivity contribution is 5.41. The first-order chi connectivity index (χ1) is 10.2. The number of hydrogen-bond acceptors (Lipinski definition) is 0. The molecule has 3 heteroatoms. The monoisotopic (exact) mass is 285 g/mol. The smallest absolute Gasteiger partial charge is 0.127 e. The van der Waals surface area contributed by atoms with Crippen LogP contribution < -0.4 is 0 Å². The van der Waals surface area contributed by atoms with Crippen molar-refractivity contribution in [3.8, 4) is 11.8 Å². The zero-order valence-electron chi connectivity index (χ0n) is 11.8. The minimum absolute atomic E-state index is 0.365. The summed E-state index contributed by atoms with van der Waals surface area (Å²) in [4.78, 5) is 0. The topological polar surface area (TPSA) is 4.93 Å². The second-order valence-corrected chi connectivity index (χ2v) is 5.50. The van der Waals surface area contributed by atoms with Crippen LogP contribution in [0.15, 0.2) is 36.5 Å². The van der Waals surface area contributed by atoms with Gasteiger partial charge in [0.1, 0.15) is 11.6 Å². The fourth-order valence-electron chi connectivity index (χ4n) is 2.94. The molecule has 0 aliphatic heterocycles. The summed E-state index contributed by atoms with van der Waals surface area (Å²) in [6.07, 6.45) is 8.22. The molecule has 1 aromatic heterocycles. The predicted octanol–water partition coefficient (Wildman–Crippen LogP) is 4.67. The van der Waals surface area contributed by atoms with Gasteiger partial charge in [-0.1, -0.05) is 25.2 Å². The molecule has 2 aromatic rings. The van der Waals surface area contributed by atoms with E-state index in [0.29, 0.717) is 11.6 Å². The molecular weight excluding hydrogens is 268 g/mol. The van der Waals surface area contributed by atoms with E-state index >= 15 is 0 Å². The van der Waals surface area contributed by atoms with Crippen molar-refractivity contribution >= 4 is 0 Å². The molecule has 0 amide bonds. The van der Waals surface area contributed by atoms with E-state index in [4.69, 9.17) is 0 Å². The Balaban J connectivity index is 1.86. The molecule has 0 radical (unpaired) electrons. The van der Waals surface area contributed by atoms with Gasteiger partial charge in [-0.15, -0.1) is 0 Å². The molecule has 1 aliphatic rings. The Morgan fingerprint density at radius 3 is 2.38 bits per heavy atom. The van der Waals surface area contributed by atoms with Crippen molar-refractivity contribution in [2.24, 2.45) is 0 Å². The first kappa shape index (κ1) is 13.9. The van der Waals surface area contributed by atoms with Gasteiger partial charge >= 0.3 is 0 Å². The summed E-state index contributed by atoms with van der Waals surface area (Å²) in [5.74, 6) is 4.71. The summed E-state index contributed by atoms with van der Waals surface area (Å²) >= 11 is 0. The zero-order chi connectivity index (χ0) is 14.7. The summed E-state index contributed by atoms with van der Waals surface area (Å²) in [5, 5.41) is 0. The highest BCUT2D eigenvalue weighted by atomic mass is 19.1. The van der Waals surface area contributed by atoms with Crippen molar-refractivity contribution in [1.82, 2.24) is 4.57 Å². The molecule has 21 heavy (non-hydrogen) atoms. The minimum Gasteiger partial charge on any atom is -0.338 e. The lowest BCUT2D eigenvalue weighted by atomic mass is 9.95. The van der Waals surface area contributed by atoms with Crippen LogP contribution in [-0.2, 0) is 0 Å². The van der Waals surface area contributed by atoms with Crippen molar-refractivity contribution in [2.75, 3.05) is 0 Å². The van der Waals surface area contributed by atoms with Gasteiger partial charge in [0, 0.05) is 23.9 Å². The molecule has 0 unspecified atom stereocenters. The maximum Gasteiger partial charge on any atom is 0.127 e. The maximum absolute atomic E-state index is 13.2. The molecule has 0 bridgehead atoms. The molecule has 3 rings (SSSR count). The Morgan fingerprint density at radius 2 is 1.67 bits per heavy atom. The van der Waals surface area contributed by atoms with Gasteiger partial charge in [-0.2, -0.15) is 0 Å². The Bertz CT molecular complexity index is 664. The summed E-state index contributed by atoms with van der Waals surface area (Å²) in [6, 6.07) is 7.80. The average molecular weight is 285 g/mol. The van der Waals surface area contributed by atoms with E-state index in [1.807, 2.05) is 18.3 Å². The van der Waals surface area contributed by atoms with Gasteiger partial charge in [0.25, 0.3) is 0 Å². The lowest BCUT2D eigenvalue weighted by molar-refractivity contribution is 0.352. The molecule has 1 heterocycles. The first-order valence-corrected chi connectivity index (χ1v) is 7.37. The van der Waals surface area contributed by atoms with Crippen LogP contribution in [-0.4, -0.2) is 4.57 Å². The molecule has 0 atom stereocenters. The molecule has 1 aliphatic carbocycles. The third-order valence-corrected chi connectivity index (χ3v) is 3.94. The zero-order valence-corrected chi connectivity index (χ0v) is 11.8. The van der Waals surface area contributed by atoms with Crippen molar-refractivity contribution in [3.05, 3.63) is 59.4 Å². The predicted molar refractivity (Wildman–Crippen MR) is 78.9 cm³/mol. The van der Waals surface area contributed by atoms with Crippen molar-refractivity contribution in [1.29, 1.82) is 0 Å². The Morgan fingerprint density at radius 1 is 0.952 bits per heavy atom. The van der Waals surface area contributed by atoms with E-state index in [1.165, 1.54) is 44.2 Å². The summed E-state index contributed by atoms with van der Waals surface area (Å²) in [5.41, 5.74) is 1.27. The third-order valence-electron chi connectivity index (χ3n) is 3.94. The van der Waals surface area contributed by atoms with Crippen molar-refractivity contribution in [3.63, 3.8) is 0 Å². The van der Waals surface area contributed by atoms with Gasteiger partial charge < -0.3 is 4.57 Å². The highest BCUT2D eigenvalue weighted by Crippen LogP contribution is 2.29. The molecule has 1 aromatic carbocycles. The van der Waals surface area contributed by atoms with Crippen molar-refractivity contribution in [2.45, 2.75) is 38.1 Å².